The van der Waals surface area contributed by atoms with Crippen molar-refractivity contribution in [1.29, 1.82) is 0 Å². The first kappa shape index (κ1) is 16.0. The summed E-state index contributed by atoms with van der Waals surface area (Å²) in [7, 11) is 0. The Kier molecular flexibility index (Phi) is 5.25. The molecule has 1 aliphatic rings. The lowest BCUT2D eigenvalue weighted by molar-refractivity contribution is 0.466. The first-order valence-electron chi connectivity index (χ1n) is 7.55. The number of halogens is 1. The molecular formula is C16H18ClN5S. The molecule has 120 valence electrons. The van der Waals surface area contributed by atoms with E-state index in [1.165, 1.54) is 0 Å². The van der Waals surface area contributed by atoms with Crippen LogP contribution in [0, 0.1) is 0 Å². The van der Waals surface area contributed by atoms with Gasteiger partial charge in [-0.2, -0.15) is 0 Å². The van der Waals surface area contributed by atoms with Crippen molar-refractivity contribution in [2.45, 2.75) is 18.9 Å². The van der Waals surface area contributed by atoms with Gasteiger partial charge in [0.2, 0.25) is 0 Å². The zero-order valence-corrected chi connectivity index (χ0v) is 14.1. The van der Waals surface area contributed by atoms with Crippen molar-refractivity contribution in [3.63, 3.8) is 0 Å². The topological polar surface area (TPSA) is 53.1 Å². The molecule has 1 saturated heterocycles. The summed E-state index contributed by atoms with van der Waals surface area (Å²) >= 11 is 11.4. The standard InChI is InChI=1S/C16H18ClN5S/c17-12-3-7-19-15(10-12)22-8-4-13(5-9-22)20-16(23)21-14-2-1-6-18-11-14/h1-3,6-7,10-11,13H,4-5,8-9H2,(H2,20,21,23). The van der Waals surface area contributed by atoms with Crippen LogP contribution in [0.5, 0.6) is 0 Å². The fraction of sp³-hybridized carbons (Fsp3) is 0.312. The van der Waals surface area contributed by atoms with E-state index in [0.717, 1.165) is 42.5 Å². The van der Waals surface area contributed by atoms with Crippen LogP contribution in [0.1, 0.15) is 12.8 Å². The monoisotopic (exact) mass is 347 g/mol. The lowest BCUT2D eigenvalue weighted by Crippen LogP contribution is -2.46. The van der Waals surface area contributed by atoms with E-state index in [1.54, 1.807) is 24.7 Å². The molecule has 0 aromatic carbocycles. The molecule has 3 rings (SSSR count). The van der Waals surface area contributed by atoms with Gasteiger partial charge in [-0.25, -0.2) is 4.98 Å². The van der Waals surface area contributed by atoms with Gasteiger partial charge in [0.05, 0.1) is 11.9 Å². The van der Waals surface area contributed by atoms with Crippen molar-refractivity contribution < 1.29 is 0 Å². The summed E-state index contributed by atoms with van der Waals surface area (Å²) in [5, 5.41) is 7.88. The van der Waals surface area contributed by atoms with E-state index in [-0.39, 0.29) is 0 Å². The molecule has 3 heterocycles. The Morgan fingerprint density at radius 3 is 2.78 bits per heavy atom. The summed E-state index contributed by atoms with van der Waals surface area (Å²) in [6, 6.07) is 7.88. The smallest absolute Gasteiger partial charge is 0.171 e. The number of aromatic nitrogens is 2. The fourth-order valence-electron chi connectivity index (χ4n) is 2.61. The van der Waals surface area contributed by atoms with Crippen LogP contribution in [0.2, 0.25) is 5.02 Å². The molecule has 0 aliphatic carbocycles. The zero-order chi connectivity index (χ0) is 16.1. The molecule has 2 N–H and O–H groups in total. The van der Waals surface area contributed by atoms with Crippen LogP contribution < -0.4 is 15.5 Å². The molecule has 1 fully saturated rings. The Bertz CT molecular complexity index is 659. The number of rotatable bonds is 3. The second kappa shape index (κ2) is 7.57. The molecule has 7 heteroatoms. The van der Waals surface area contributed by atoms with E-state index >= 15 is 0 Å². The largest absolute Gasteiger partial charge is 0.360 e. The molecule has 0 spiro atoms. The third-order valence-corrected chi connectivity index (χ3v) is 4.24. The van der Waals surface area contributed by atoms with Crippen molar-refractivity contribution >= 4 is 40.4 Å². The van der Waals surface area contributed by atoms with Gasteiger partial charge in [-0.05, 0) is 49.3 Å². The maximum atomic E-state index is 6.03. The van der Waals surface area contributed by atoms with Crippen LogP contribution in [0.15, 0.2) is 42.9 Å². The number of hydrogen-bond acceptors (Lipinski definition) is 4. The SMILES string of the molecule is S=C(Nc1cccnc1)NC1CCN(c2cc(Cl)ccn2)CC1. The van der Waals surface area contributed by atoms with Crippen LogP contribution in [-0.2, 0) is 0 Å². The average Bonchev–Trinajstić information content (AvgIpc) is 2.56. The Morgan fingerprint density at radius 2 is 2.09 bits per heavy atom. The third-order valence-electron chi connectivity index (χ3n) is 3.78. The summed E-state index contributed by atoms with van der Waals surface area (Å²) in [6.07, 6.45) is 7.24. The predicted molar refractivity (Wildman–Crippen MR) is 98.1 cm³/mol. The van der Waals surface area contributed by atoms with Gasteiger partial charge in [-0.15, -0.1) is 0 Å². The van der Waals surface area contributed by atoms with E-state index in [2.05, 4.69) is 25.5 Å². The predicted octanol–water partition coefficient (Wildman–Crippen LogP) is 3.09. The lowest BCUT2D eigenvalue weighted by Gasteiger charge is -2.33. The first-order chi connectivity index (χ1) is 11.2. The van der Waals surface area contributed by atoms with Gasteiger partial charge in [0, 0.05) is 36.5 Å². The minimum atomic E-state index is 0.363. The molecule has 0 unspecified atom stereocenters. The van der Waals surface area contributed by atoms with Crippen molar-refractivity contribution in [3.8, 4) is 0 Å². The van der Waals surface area contributed by atoms with Crippen LogP contribution in [0.4, 0.5) is 11.5 Å². The highest BCUT2D eigenvalue weighted by atomic mass is 35.5. The van der Waals surface area contributed by atoms with E-state index in [4.69, 9.17) is 23.8 Å². The number of nitrogens with one attached hydrogen (secondary N) is 2. The molecule has 5 nitrogen and oxygen atoms in total. The van der Waals surface area contributed by atoms with Gasteiger partial charge >= 0.3 is 0 Å². The van der Waals surface area contributed by atoms with Gasteiger partial charge in [-0.1, -0.05) is 11.6 Å². The second-order valence-corrected chi connectivity index (χ2v) is 6.28. The number of thiocarbonyl (C=S) groups is 1. The van der Waals surface area contributed by atoms with Crippen molar-refractivity contribution in [2.75, 3.05) is 23.3 Å². The minimum Gasteiger partial charge on any atom is -0.360 e. The number of nitrogens with zero attached hydrogens (tertiary/aromatic N) is 3. The molecule has 0 bridgehead atoms. The summed E-state index contributed by atoms with van der Waals surface area (Å²) in [4.78, 5) is 10.7. The molecule has 2 aromatic heterocycles. The first-order valence-corrected chi connectivity index (χ1v) is 8.33. The minimum absolute atomic E-state index is 0.363. The Balaban J connectivity index is 1.48. The Hall–Kier alpha value is -1.92. The number of anilines is 2. The summed E-state index contributed by atoms with van der Waals surface area (Å²) < 4.78 is 0. The third kappa shape index (κ3) is 4.53. The van der Waals surface area contributed by atoms with Crippen LogP contribution in [0.3, 0.4) is 0 Å². The van der Waals surface area contributed by atoms with Gasteiger partial charge in [0.15, 0.2) is 5.11 Å². The fourth-order valence-corrected chi connectivity index (χ4v) is 3.05. The van der Waals surface area contributed by atoms with Crippen molar-refractivity contribution in [3.05, 3.63) is 47.9 Å². The molecule has 0 atom stereocenters. The van der Waals surface area contributed by atoms with Gasteiger partial charge in [0.1, 0.15) is 5.82 Å². The molecule has 0 radical (unpaired) electrons. The highest BCUT2D eigenvalue weighted by molar-refractivity contribution is 7.80. The quantitative estimate of drug-likeness (QED) is 0.832. The lowest BCUT2D eigenvalue weighted by atomic mass is 10.1. The maximum Gasteiger partial charge on any atom is 0.171 e. The van der Waals surface area contributed by atoms with E-state index in [0.29, 0.717) is 11.2 Å². The van der Waals surface area contributed by atoms with Gasteiger partial charge in [0.25, 0.3) is 0 Å². The Morgan fingerprint density at radius 1 is 1.26 bits per heavy atom. The molecule has 23 heavy (non-hydrogen) atoms. The molecule has 2 aromatic rings. The average molecular weight is 348 g/mol. The molecule has 0 saturated carbocycles. The highest BCUT2D eigenvalue weighted by Crippen LogP contribution is 2.20. The zero-order valence-electron chi connectivity index (χ0n) is 12.6. The maximum absolute atomic E-state index is 6.03. The summed E-state index contributed by atoms with van der Waals surface area (Å²) in [6.45, 7) is 1.86. The normalized spacial score (nSPS) is 15.3. The van der Waals surface area contributed by atoms with Crippen LogP contribution in [0.25, 0.3) is 0 Å². The van der Waals surface area contributed by atoms with E-state index in [9.17, 15) is 0 Å². The van der Waals surface area contributed by atoms with E-state index in [1.807, 2.05) is 18.2 Å². The molecule has 1 aliphatic heterocycles. The summed E-state index contributed by atoms with van der Waals surface area (Å²) in [5.41, 5.74) is 0.894. The van der Waals surface area contributed by atoms with Gasteiger partial charge in [-0.3, -0.25) is 4.98 Å². The van der Waals surface area contributed by atoms with E-state index < -0.39 is 0 Å². The number of piperidine rings is 1. The van der Waals surface area contributed by atoms with Gasteiger partial charge < -0.3 is 15.5 Å². The highest BCUT2D eigenvalue weighted by Gasteiger charge is 2.20. The van der Waals surface area contributed by atoms with Crippen LogP contribution in [-0.4, -0.2) is 34.2 Å². The second-order valence-electron chi connectivity index (χ2n) is 5.43. The van der Waals surface area contributed by atoms with Crippen molar-refractivity contribution in [1.82, 2.24) is 15.3 Å². The van der Waals surface area contributed by atoms with Crippen LogP contribution >= 0.6 is 23.8 Å². The summed E-state index contributed by atoms with van der Waals surface area (Å²) in [5.74, 6) is 0.937. The van der Waals surface area contributed by atoms with Crippen molar-refractivity contribution in [2.24, 2.45) is 0 Å². The number of pyridine rings is 2. The Labute approximate surface area is 146 Å². The number of hydrogen-bond donors (Lipinski definition) is 2. The molecule has 0 amide bonds. The molecular weight excluding hydrogens is 330 g/mol.